The molecule has 22 heavy (non-hydrogen) atoms. The van der Waals surface area contributed by atoms with E-state index in [4.69, 9.17) is 0 Å². The highest BCUT2D eigenvalue weighted by molar-refractivity contribution is 7.99. The minimum Gasteiger partial charge on any atom is -0.336 e. The predicted molar refractivity (Wildman–Crippen MR) is 81.7 cm³/mol. The van der Waals surface area contributed by atoms with E-state index in [0.29, 0.717) is 5.16 Å². The van der Waals surface area contributed by atoms with Crippen molar-refractivity contribution in [2.24, 2.45) is 0 Å². The quantitative estimate of drug-likeness (QED) is 0.797. The Hall–Kier alpha value is -2.42. The SMILES string of the molecule is CC(C)NC(=O)NC(=O)CSc1nnnn1-c1ccccc1. The van der Waals surface area contributed by atoms with E-state index in [9.17, 15) is 9.59 Å². The largest absolute Gasteiger partial charge is 0.336 e. The Morgan fingerprint density at radius 1 is 1.27 bits per heavy atom. The van der Waals surface area contributed by atoms with E-state index in [1.54, 1.807) is 0 Å². The highest BCUT2D eigenvalue weighted by Crippen LogP contribution is 2.17. The van der Waals surface area contributed by atoms with Crippen LogP contribution in [0, 0.1) is 0 Å². The Kier molecular flexibility index (Phi) is 5.48. The van der Waals surface area contributed by atoms with Crippen molar-refractivity contribution in [1.82, 2.24) is 30.8 Å². The third kappa shape index (κ3) is 4.55. The Labute approximate surface area is 131 Å². The third-order valence-corrected chi connectivity index (χ3v) is 3.37. The zero-order valence-corrected chi connectivity index (χ0v) is 13.0. The summed E-state index contributed by atoms with van der Waals surface area (Å²) in [6.45, 7) is 3.62. The molecule has 3 amide bonds. The third-order valence-electron chi connectivity index (χ3n) is 2.45. The Bertz CT molecular complexity index is 643. The minimum atomic E-state index is -0.511. The molecule has 2 aromatic rings. The molecule has 0 bridgehead atoms. The fraction of sp³-hybridized carbons (Fsp3) is 0.308. The summed E-state index contributed by atoms with van der Waals surface area (Å²) in [5.74, 6) is -0.371. The van der Waals surface area contributed by atoms with Crippen LogP contribution in [0.4, 0.5) is 4.79 Å². The number of para-hydroxylation sites is 1. The van der Waals surface area contributed by atoms with Crippen molar-refractivity contribution in [3.8, 4) is 5.69 Å². The predicted octanol–water partition coefficient (Wildman–Crippen LogP) is 0.989. The van der Waals surface area contributed by atoms with Gasteiger partial charge in [-0.05, 0) is 36.4 Å². The van der Waals surface area contributed by atoms with Crippen LogP contribution in [-0.2, 0) is 4.79 Å². The van der Waals surface area contributed by atoms with Gasteiger partial charge in [-0.2, -0.15) is 4.68 Å². The molecule has 0 atom stereocenters. The fourth-order valence-corrected chi connectivity index (χ4v) is 2.28. The lowest BCUT2D eigenvalue weighted by Crippen LogP contribution is -2.43. The van der Waals surface area contributed by atoms with E-state index in [2.05, 4.69) is 26.2 Å². The maximum absolute atomic E-state index is 11.7. The van der Waals surface area contributed by atoms with Crippen LogP contribution in [0.3, 0.4) is 0 Å². The molecular weight excluding hydrogens is 304 g/mol. The average Bonchev–Trinajstić information content (AvgIpc) is 2.93. The molecule has 0 spiro atoms. The van der Waals surface area contributed by atoms with Gasteiger partial charge in [0.2, 0.25) is 11.1 Å². The van der Waals surface area contributed by atoms with Gasteiger partial charge in [0.1, 0.15) is 0 Å². The topological polar surface area (TPSA) is 102 Å². The Morgan fingerprint density at radius 2 is 2.00 bits per heavy atom. The number of tetrazole rings is 1. The number of nitrogens with one attached hydrogen (secondary N) is 2. The zero-order valence-electron chi connectivity index (χ0n) is 12.2. The van der Waals surface area contributed by atoms with E-state index in [1.807, 2.05) is 44.2 Å². The van der Waals surface area contributed by atoms with E-state index in [1.165, 1.54) is 4.68 Å². The average molecular weight is 320 g/mol. The van der Waals surface area contributed by atoms with Crippen molar-refractivity contribution in [3.63, 3.8) is 0 Å². The van der Waals surface area contributed by atoms with Crippen LogP contribution >= 0.6 is 11.8 Å². The highest BCUT2D eigenvalue weighted by Gasteiger charge is 2.13. The lowest BCUT2D eigenvalue weighted by atomic mass is 10.3. The summed E-state index contributed by atoms with van der Waals surface area (Å²) >= 11 is 1.15. The first kappa shape index (κ1) is 16.0. The fourth-order valence-electron chi connectivity index (χ4n) is 1.59. The molecule has 0 aliphatic rings. The van der Waals surface area contributed by atoms with Crippen molar-refractivity contribution < 1.29 is 9.59 Å². The van der Waals surface area contributed by atoms with Crippen LogP contribution in [0.15, 0.2) is 35.5 Å². The van der Waals surface area contributed by atoms with Crippen molar-refractivity contribution in [2.75, 3.05) is 5.75 Å². The molecule has 2 rings (SSSR count). The van der Waals surface area contributed by atoms with Gasteiger partial charge in [-0.1, -0.05) is 30.0 Å². The van der Waals surface area contributed by atoms with Gasteiger partial charge in [0.25, 0.3) is 0 Å². The normalized spacial score (nSPS) is 10.5. The van der Waals surface area contributed by atoms with Crippen molar-refractivity contribution in [3.05, 3.63) is 30.3 Å². The molecule has 1 aromatic heterocycles. The molecule has 0 radical (unpaired) electrons. The summed E-state index contributed by atoms with van der Waals surface area (Å²) in [5.41, 5.74) is 0.799. The molecule has 0 aliphatic carbocycles. The molecule has 1 heterocycles. The maximum Gasteiger partial charge on any atom is 0.321 e. The van der Waals surface area contributed by atoms with Gasteiger partial charge >= 0.3 is 6.03 Å². The first-order valence-corrected chi connectivity index (χ1v) is 7.62. The Balaban J connectivity index is 1.92. The van der Waals surface area contributed by atoms with Crippen LogP contribution in [0.1, 0.15) is 13.8 Å². The second-order valence-electron chi connectivity index (χ2n) is 4.67. The Morgan fingerprint density at radius 3 is 2.68 bits per heavy atom. The molecule has 1 aromatic carbocycles. The van der Waals surface area contributed by atoms with E-state index >= 15 is 0 Å². The number of carbonyl (C=O) groups excluding carboxylic acids is 2. The maximum atomic E-state index is 11.7. The molecule has 9 heteroatoms. The van der Waals surface area contributed by atoms with E-state index in [0.717, 1.165) is 17.4 Å². The van der Waals surface area contributed by atoms with E-state index < -0.39 is 11.9 Å². The second kappa shape index (κ2) is 7.55. The van der Waals surface area contributed by atoms with Gasteiger partial charge < -0.3 is 5.32 Å². The summed E-state index contributed by atoms with van der Waals surface area (Å²) in [6.07, 6.45) is 0. The van der Waals surface area contributed by atoms with Crippen molar-refractivity contribution in [2.45, 2.75) is 25.0 Å². The molecular formula is C13H16N6O2S. The first-order valence-electron chi connectivity index (χ1n) is 6.63. The summed E-state index contributed by atoms with van der Waals surface area (Å²) in [7, 11) is 0. The lowest BCUT2D eigenvalue weighted by molar-refractivity contribution is -0.117. The molecule has 8 nitrogen and oxygen atoms in total. The van der Waals surface area contributed by atoms with Gasteiger partial charge in [-0.15, -0.1) is 5.10 Å². The highest BCUT2D eigenvalue weighted by atomic mass is 32.2. The monoisotopic (exact) mass is 320 g/mol. The summed E-state index contributed by atoms with van der Waals surface area (Å²) < 4.78 is 1.53. The van der Waals surface area contributed by atoms with Crippen LogP contribution in [0.2, 0.25) is 0 Å². The number of thioether (sulfide) groups is 1. The lowest BCUT2D eigenvalue weighted by Gasteiger charge is -2.08. The molecule has 0 saturated carbocycles. The standard InChI is InChI=1S/C13H16N6O2S/c1-9(2)14-12(21)15-11(20)8-22-13-16-17-18-19(13)10-6-4-3-5-7-10/h3-7,9H,8H2,1-2H3,(H2,14,15,20,21). The number of hydrogen-bond donors (Lipinski definition) is 2. The van der Waals surface area contributed by atoms with Crippen LogP contribution < -0.4 is 10.6 Å². The summed E-state index contributed by atoms with van der Waals surface area (Å²) in [4.78, 5) is 23.1. The second-order valence-corrected chi connectivity index (χ2v) is 5.62. The molecule has 116 valence electrons. The van der Waals surface area contributed by atoms with Gasteiger partial charge in [-0.3, -0.25) is 10.1 Å². The first-order chi connectivity index (χ1) is 10.6. The number of urea groups is 1. The molecule has 0 aliphatic heterocycles. The number of benzene rings is 1. The summed E-state index contributed by atoms with van der Waals surface area (Å²) in [5, 5.41) is 16.7. The van der Waals surface area contributed by atoms with E-state index in [-0.39, 0.29) is 11.8 Å². The summed E-state index contributed by atoms with van der Waals surface area (Å²) in [6, 6.07) is 8.80. The van der Waals surface area contributed by atoms with Gasteiger partial charge in [0.15, 0.2) is 0 Å². The number of hydrogen-bond acceptors (Lipinski definition) is 6. The number of nitrogens with zero attached hydrogens (tertiary/aromatic N) is 4. The van der Waals surface area contributed by atoms with Crippen LogP contribution in [0.25, 0.3) is 5.69 Å². The number of aromatic nitrogens is 4. The van der Waals surface area contributed by atoms with Crippen molar-refractivity contribution in [1.29, 1.82) is 0 Å². The van der Waals surface area contributed by atoms with Gasteiger partial charge in [-0.25, -0.2) is 4.79 Å². The number of rotatable bonds is 5. The smallest absolute Gasteiger partial charge is 0.321 e. The molecule has 0 unspecified atom stereocenters. The van der Waals surface area contributed by atoms with Gasteiger partial charge in [0.05, 0.1) is 11.4 Å². The van der Waals surface area contributed by atoms with Crippen LogP contribution in [-0.4, -0.2) is 43.9 Å². The number of carbonyl (C=O) groups is 2. The minimum absolute atomic E-state index is 0.0363. The molecule has 0 fully saturated rings. The molecule has 2 N–H and O–H groups in total. The molecule has 0 saturated heterocycles. The number of amides is 3. The number of imide groups is 1. The van der Waals surface area contributed by atoms with Gasteiger partial charge in [0, 0.05) is 6.04 Å². The van der Waals surface area contributed by atoms with Crippen molar-refractivity contribution >= 4 is 23.7 Å². The zero-order chi connectivity index (χ0) is 15.9. The van der Waals surface area contributed by atoms with Crippen LogP contribution in [0.5, 0.6) is 0 Å².